The van der Waals surface area contributed by atoms with Crippen LogP contribution in [0.2, 0.25) is 0 Å². The third kappa shape index (κ3) is 2.86. The van der Waals surface area contributed by atoms with Gasteiger partial charge in [0.15, 0.2) is 0 Å². The van der Waals surface area contributed by atoms with Crippen molar-refractivity contribution in [2.75, 3.05) is 19.6 Å². The molecule has 3 nitrogen and oxygen atoms in total. The standard InChI is InChI=1S/C17H22F2N2O/c1-11-3-2-8-21(11)17(22)14-10-15(18)13(9-16(14)19)12-4-6-20-7-5-12/h9-12,20H,2-8H2,1H3/t11-/m1/s1. The second-order valence-corrected chi connectivity index (χ2v) is 6.37. The van der Waals surface area contributed by atoms with E-state index in [0.29, 0.717) is 12.1 Å². The lowest BCUT2D eigenvalue weighted by molar-refractivity contribution is 0.0742. The van der Waals surface area contributed by atoms with Crippen LogP contribution in [0, 0.1) is 11.6 Å². The number of rotatable bonds is 2. The number of nitrogens with one attached hydrogen (secondary N) is 1. The van der Waals surface area contributed by atoms with Gasteiger partial charge in [-0.05, 0) is 69.3 Å². The highest BCUT2D eigenvalue weighted by Crippen LogP contribution is 2.30. The fourth-order valence-electron chi connectivity index (χ4n) is 3.56. The first kappa shape index (κ1) is 15.4. The van der Waals surface area contributed by atoms with Gasteiger partial charge in [-0.25, -0.2) is 8.78 Å². The normalized spacial score (nSPS) is 23.0. The Kier molecular flexibility index (Phi) is 4.43. The van der Waals surface area contributed by atoms with Crippen LogP contribution < -0.4 is 5.32 Å². The molecule has 22 heavy (non-hydrogen) atoms. The number of piperidine rings is 1. The number of amides is 1. The molecule has 2 fully saturated rings. The van der Waals surface area contributed by atoms with E-state index in [4.69, 9.17) is 0 Å². The van der Waals surface area contributed by atoms with Crippen molar-refractivity contribution in [3.63, 3.8) is 0 Å². The van der Waals surface area contributed by atoms with Crippen LogP contribution in [-0.4, -0.2) is 36.5 Å². The van der Waals surface area contributed by atoms with E-state index in [2.05, 4.69) is 5.32 Å². The fraction of sp³-hybridized carbons (Fsp3) is 0.588. The second-order valence-electron chi connectivity index (χ2n) is 6.37. The van der Waals surface area contributed by atoms with Crippen LogP contribution >= 0.6 is 0 Å². The molecule has 1 aromatic carbocycles. The van der Waals surface area contributed by atoms with Gasteiger partial charge in [0.25, 0.3) is 5.91 Å². The Morgan fingerprint density at radius 1 is 1.18 bits per heavy atom. The van der Waals surface area contributed by atoms with Crippen molar-refractivity contribution in [1.29, 1.82) is 0 Å². The van der Waals surface area contributed by atoms with Crippen LogP contribution in [-0.2, 0) is 0 Å². The molecule has 3 rings (SSSR count). The first-order valence-electron chi connectivity index (χ1n) is 8.08. The lowest BCUT2D eigenvalue weighted by Crippen LogP contribution is -2.34. The lowest BCUT2D eigenvalue weighted by atomic mass is 9.89. The van der Waals surface area contributed by atoms with Gasteiger partial charge in [0.2, 0.25) is 0 Å². The van der Waals surface area contributed by atoms with E-state index in [1.807, 2.05) is 6.92 Å². The van der Waals surface area contributed by atoms with Gasteiger partial charge >= 0.3 is 0 Å². The summed E-state index contributed by atoms with van der Waals surface area (Å²) >= 11 is 0. The molecular weight excluding hydrogens is 286 g/mol. The van der Waals surface area contributed by atoms with Crippen LogP contribution in [0.3, 0.4) is 0 Å². The highest BCUT2D eigenvalue weighted by Gasteiger charge is 2.29. The number of nitrogens with zero attached hydrogens (tertiary/aromatic N) is 1. The molecule has 2 saturated heterocycles. The Bertz CT molecular complexity index is 570. The topological polar surface area (TPSA) is 32.3 Å². The maximum atomic E-state index is 14.4. The van der Waals surface area contributed by atoms with Gasteiger partial charge in [-0.3, -0.25) is 4.79 Å². The molecule has 2 aliphatic heterocycles. The predicted octanol–water partition coefficient (Wildman–Crippen LogP) is 3.06. The number of carbonyl (C=O) groups excluding carboxylic acids is 1. The van der Waals surface area contributed by atoms with Gasteiger partial charge in [0, 0.05) is 12.6 Å². The van der Waals surface area contributed by atoms with Gasteiger partial charge in [-0.15, -0.1) is 0 Å². The molecule has 2 heterocycles. The monoisotopic (exact) mass is 308 g/mol. The molecule has 2 aliphatic rings. The lowest BCUT2D eigenvalue weighted by Gasteiger charge is -2.25. The summed E-state index contributed by atoms with van der Waals surface area (Å²) in [6.07, 6.45) is 3.44. The number of hydrogen-bond acceptors (Lipinski definition) is 2. The minimum atomic E-state index is -0.598. The quantitative estimate of drug-likeness (QED) is 0.911. The van der Waals surface area contributed by atoms with Crippen LogP contribution in [0.1, 0.15) is 54.4 Å². The summed E-state index contributed by atoms with van der Waals surface area (Å²) in [5, 5.41) is 3.21. The maximum absolute atomic E-state index is 14.4. The Labute approximate surface area is 129 Å². The van der Waals surface area contributed by atoms with E-state index in [1.54, 1.807) is 4.90 Å². The first-order valence-corrected chi connectivity index (χ1v) is 8.08. The second kappa shape index (κ2) is 6.32. The van der Waals surface area contributed by atoms with Crippen molar-refractivity contribution in [1.82, 2.24) is 10.2 Å². The minimum absolute atomic E-state index is 0.0330. The minimum Gasteiger partial charge on any atom is -0.336 e. The summed E-state index contributed by atoms with van der Waals surface area (Å²) in [6, 6.07) is 2.43. The highest BCUT2D eigenvalue weighted by atomic mass is 19.1. The molecule has 0 bridgehead atoms. The molecule has 5 heteroatoms. The Balaban J connectivity index is 1.87. The van der Waals surface area contributed by atoms with Crippen LogP contribution in [0.15, 0.2) is 12.1 Å². The molecular formula is C17H22F2N2O. The Morgan fingerprint density at radius 3 is 2.55 bits per heavy atom. The summed E-state index contributed by atoms with van der Waals surface area (Å²) in [7, 11) is 0. The van der Waals surface area contributed by atoms with Crippen molar-refractivity contribution < 1.29 is 13.6 Å². The van der Waals surface area contributed by atoms with E-state index >= 15 is 0 Å². The van der Waals surface area contributed by atoms with Gasteiger partial charge in [0.05, 0.1) is 5.56 Å². The van der Waals surface area contributed by atoms with E-state index in [0.717, 1.165) is 44.8 Å². The van der Waals surface area contributed by atoms with E-state index in [9.17, 15) is 13.6 Å². The molecule has 1 aromatic rings. The molecule has 0 saturated carbocycles. The summed E-state index contributed by atoms with van der Waals surface area (Å²) in [4.78, 5) is 14.1. The summed E-state index contributed by atoms with van der Waals surface area (Å²) in [5.41, 5.74) is 0.272. The predicted molar refractivity (Wildman–Crippen MR) is 80.9 cm³/mol. The average molecular weight is 308 g/mol. The summed E-state index contributed by atoms with van der Waals surface area (Å²) in [5.74, 6) is -1.41. The van der Waals surface area contributed by atoms with Crippen molar-refractivity contribution >= 4 is 5.91 Å². The third-order valence-corrected chi connectivity index (χ3v) is 4.91. The van der Waals surface area contributed by atoms with Gasteiger partial charge in [-0.2, -0.15) is 0 Å². The smallest absolute Gasteiger partial charge is 0.257 e. The van der Waals surface area contributed by atoms with E-state index < -0.39 is 17.5 Å². The van der Waals surface area contributed by atoms with Gasteiger partial charge in [0.1, 0.15) is 11.6 Å². The zero-order chi connectivity index (χ0) is 15.7. The Hall–Kier alpha value is -1.49. The van der Waals surface area contributed by atoms with E-state index in [1.165, 1.54) is 6.07 Å². The van der Waals surface area contributed by atoms with Crippen molar-refractivity contribution in [3.05, 3.63) is 34.9 Å². The molecule has 120 valence electrons. The average Bonchev–Trinajstić information content (AvgIpc) is 2.95. The van der Waals surface area contributed by atoms with Crippen LogP contribution in [0.25, 0.3) is 0 Å². The van der Waals surface area contributed by atoms with Crippen molar-refractivity contribution in [3.8, 4) is 0 Å². The maximum Gasteiger partial charge on any atom is 0.257 e. The largest absolute Gasteiger partial charge is 0.336 e. The Morgan fingerprint density at radius 2 is 1.91 bits per heavy atom. The van der Waals surface area contributed by atoms with Crippen molar-refractivity contribution in [2.24, 2.45) is 0 Å². The third-order valence-electron chi connectivity index (χ3n) is 4.91. The highest BCUT2D eigenvalue weighted by molar-refractivity contribution is 5.95. The van der Waals surface area contributed by atoms with Crippen LogP contribution in [0.5, 0.6) is 0 Å². The van der Waals surface area contributed by atoms with Crippen LogP contribution in [0.4, 0.5) is 8.78 Å². The molecule has 0 spiro atoms. The SMILES string of the molecule is C[C@@H]1CCCN1C(=O)c1cc(F)c(C2CCNCC2)cc1F. The van der Waals surface area contributed by atoms with Gasteiger partial charge in [-0.1, -0.05) is 0 Å². The summed E-state index contributed by atoms with van der Waals surface area (Å²) in [6.45, 7) is 4.20. The molecule has 0 unspecified atom stereocenters. The van der Waals surface area contributed by atoms with Crippen molar-refractivity contribution in [2.45, 2.75) is 44.6 Å². The molecule has 0 radical (unpaired) electrons. The zero-order valence-corrected chi connectivity index (χ0v) is 12.9. The number of halogens is 2. The molecule has 1 N–H and O–H groups in total. The van der Waals surface area contributed by atoms with Gasteiger partial charge < -0.3 is 10.2 Å². The number of benzene rings is 1. The molecule has 0 aromatic heterocycles. The molecule has 1 atom stereocenters. The van der Waals surface area contributed by atoms with E-state index in [-0.39, 0.29) is 17.5 Å². The summed E-state index contributed by atoms with van der Waals surface area (Å²) < 4.78 is 28.8. The zero-order valence-electron chi connectivity index (χ0n) is 12.9. The first-order chi connectivity index (χ1) is 10.6. The number of likely N-dealkylation sites (tertiary alicyclic amines) is 1. The number of hydrogen-bond donors (Lipinski definition) is 1. The fourth-order valence-corrected chi connectivity index (χ4v) is 3.56. The number of carbonyl (C=O) groups is 1. The molecule has 0 aliphatic carbocycles. The molecule has 1 amide bonds.